The monoisotopic (exact) mass is 309 g/mol. The topological polar surface area (TPSA) is 29.4 Å². The second-order valence-electron chi connectivity index (χ2n) is 4.29. The van der Waals surface area contributed by atoms with Gasteiger partial charge >= 0.3 is 0 Å². The van der Waals surface area contributed by atoms with Crippen molar-refractivity contribution in [2.75, 3.05) is 0 Å². The molecule has 2 nitrogen and oxygen atoms in total. The molecule has 0 bridgehead atoms. The van der Waals surface area contributed by atoms with Crippen LogP contribution in [0, 0.1) is 0 Å². The number of benzene rings is 2. The van der Waals surface area contributed by atoms with E-state index >= 15 is 0 Å². The van der Waals surface area contributed by atoms with Crippen molar-refractivity contribution in [2.24, 2.45) is 4.99 Å². The van der Waals surface area contributed by atoms with Gasteiger partial charge in [0.05, 0.1) is 26.9 Å². The quantitative estimate of drug-likeness (QED) is 0.810. The first kappa shape index (κ1) is 12.9. The summed E-state index contributed by atoms with van der Waals surface area (Å²) in [6, 6.07) is 11.3. The van der Waals surface area contributed by atoms with Gasteiger partial charge in [0, 0.05) is 10.0 Å². The summed E-state index contributed by atoms with van der Waals surface area (Å²) in [6.45, 7) is 0. The largest absolute Gasteiger partial charge is 0.248 e. The van der Waals surface area contributed by atoms with E-state index in [9.17, 15) is 4.21 Å². The van der Waals surface area contributed by atoms with Gasteiger partial charge in [0.25, 0.3) is 0 Å². The van der Waals surface area contributed by atoms with Gasteiger partial charge in [-0.1, -0.05) is 29.3 Å². The van der Waals surface area contributed by atoms with E-state index in [4.69, 9.17) is 23.2 Å². The second kappa shape index (κ2) is 5.08. The fourth-order valence-corrected chi connectivity index (χ4v) is 3.53. The number of rotatable bonds is 2. The van der Waals surface area contributed by atoms with Crippen LogP contribution in [0.4, 0.5) is 5.69 Å². The van der Waals surface area contributed by atoms with Crippen molar-refractivity contribution in [1.29, 1.82) is 0 Å². The van der Waals surface area contributed by atoms with Crippen molar-refractivity contribution in [2.45, 2.75) is 11.3 Å². The Bertz CT molecular complexity index is 692. The Labute approximate surface area is 123 Å². The predicted molar refractivity (Wildman–Crippen MR) is 80.3 cm³/mol. The number of fused-ring (bicyclic) bond motifs is 1. The van der Waals surface area contributed by atoms with Crippen LogP contribution in [0.2, 0.25) is 10.0 Å². The van der Waals surface area contributed by atoms with Gasteiger partial charge in [-0.25, -0.2) is 9.20 Å². The normalized spacial score (nSPS) is 16.6. The Balaban J connectivity index is 1.92. The SMILES string of the molecule is O=S1C=Nc2ccc(Cc3cc(Cl)cc(Cl)c3)cc21. The molecule has 0 fully saturated rings. The van der Waals surface area contributed by atoms with E-state index in [1.165, 1.54) is 5.55 Å². The minimum atomic E-state index is -1.12. The molecule has 0 aromatic heterocycles. The molecule has 0 radical (unpaired) electrons. The molecule has 1 aliphatic heterocycles. The first-order valence-corrected chi connectivity index (χ1v) is 7.61. The zero-order chi connectivity index (χ0) is 13.4. The predicted octanol–water partition coefficient (Wildman–Crippen LogP) is 4.37. The minimum absolute atomic E-state index is 0.621. The molecule has 0 saturated carbocycles. The lowest BCUT2D eigenvalue weighted by Crippen LogP contribution is -1.91. The van der Waals surface area contributed by atoms with Gasteiger partial charge in [0.2, 0.25) is 0 Å². The summed E-state index contributed by atoms with van der Waals surface area (Å²) < 4.78 is 11.7. The number of halogens is 2. The Hall–Kier alpha value is -1.16. The van der Waals surface area contributed by atoms with E-state index in [0.717, 1.165) is 21.7 Å². The van der Waals surface area contributed by atoms with Crippen LogP contribution in [-0.4, -0.2) is 9.76 Å². The second-order valence-corrected chi connectivity index (χ2v) is 6.41. The van der Waals surface area contributed by atoms with Gasteiger partial charge < -0.3 is 0 Å². The molecule has 2 aromatic carbocycles. The summed E-state index contributed by atoms with van der Waals surface area (Å²) in [6.07, 6.45) is 0.699. The molecule has 2 aromatic rings. The number of hydrogen-bond donors (Lipinski definition) is 0. The molecule has 19 heavy (non-hydrogen) atoms. The summed E-state index contributed by atoms with van der Waals surface area (Å²) in [5.74, 6) is 0. The highest BCUT2D eigenvalue weighted by molar-refractivity contribution is 7.99. The first-order chi connectivity index (χ1) is 9.11. The Morgan fingerprint density at radius 2 is 1.74 bits per heavy atom. The van der Waals surface area contributed by atoms with Crippen LogP contribution in [0.15, 0.2) is 46.3 Å². The van der Waals surface area contributed by atoms with Crippen LogP contribution in [0.25, 0.3) is 0 Å². The van der Waals surface area contributed by atoms with E-state index in [1.807, 2.05) is 30.3 Å². The highest BCUT2D eigenvalue weighted by atomic mass is 35.5. The molecule has 1 heterocycles. The highest BCUT2D eigenvalue weighted by Gasteiger charge is 2.14. The molecule has 0 N–H and O–H groups in total. The van der Waals surface area contributed by atoms with Crippen LogP contribution < -0.4 is 0 Å². The lowest BCUT2D eigenvalue weighted by atomic mass is 10.0. The van der Waals surface area contributed by atoms with Gasteiger partial charge in [-0.15, -0.1) is 0 Å². The summed E-state index contributed by atoms with van der Waals surface area (Å²) in [5, 5.41) is 1.24. The van der Waals surface area contributed by atoms with E-state index in [-0.39, 0.29) is 0 Å². The number of hydrogen-bond acceptors (Lipinski definition) is 2. The molecular formula is C14H9Cl2NOS. The van der Waals surface area contributed by atoms with Crippen LogP contribution in [0.1, 0.15) is 11.1 Å². The molecule has 96 valence electrons. The fraction of sp³-hybridized carbons (Fsp3) is 0.0714. The molecule has 5 heteroatoms. The molecule has 1 unspecified atom stereocenters. The lowest BCUT2D eigenvalue weighted by Gasteiger charge is -2.05. The zero-order valence-corrected chi connectivity index (χ0v) is 12.1. The Kier molecular flexibility index (Phi) is 3.44. The summed E-state index contributed by atoms with van der Waals surface area (Å²) >= 11 is 12.0. The average molecular weight is 310 g/mol. The van der Waals surface area contributed by atoms with Crippen molar-refractivity contribution in [1.82, 2.24) is 0 Å². The van der Waals surface area contributed by atoms with Crippen molar-refractivity contribution in [3.63, 3.8) is 0 Å². The maximum Gasteiger partial charge on any atom is 0.0984 e. The third kappa shape index (κ3) is 2.73. The first-order valence-electron chi connectivity index (χ1n) is 5.64. The van der Waals surface area contributed by atoms with Crippen LogP contribution in [0.5, 0.6) is 0 Å². The van der Waals surface area contributed by atoms with E-state index < -0.39 is 10.8 Å². The van der Waals surface area contributed by atoms with Crippen LogP contribution >= 0.6 is 23.2 Å². The summed E-state index contributed by atoms with van der Waals surface area (Å²) in [5.41, 5.74) is 4.34. The fourth-order valence-electron chi connectivity index (χ4n) is 2.05. The maximum absolute atomic E-state index is 11.7. The van der Waals surface area contributed by atoms with Crippen LogP contribution in [-0.2, 0) is 17.2 Å². The van der Waals surface area contributed by atoms with Gasteiger partial charge in [0.15, 0.2) is 0 Å². The summed E-state index contributed by atoms with van der Waals surface area (Å²) in [7, 11) is -1.12. The molecule has 0 aliphatic carbocycles. The van der Waals surface area contributed by atoms with Gasteiger partial charge in [-0.2, -0.15) is 0 Å². The molecule has 0 amide bonds. The standard InChI is InChI=1S/C14H9Cl2NOS/c15-11-4-10(5-12(16)7-11)3-9-1-2-13-14(6-9)19(18)8-17-13/h1-2,4-8H,3H2. The molecule has 3 rings (SSSR count). The third-order valence-electron chi connectivity index (χ3n) is 2.86. The average Bonchev–Trinajstić information content (AvgIpc) is 2.70. The zero-order valence-electron chi connectivity index (χ0n) is 9.77. The van der Waals surface area contributed by atoms with Crippen molar-refractivity contribution in [3.05, 3.63) is 57.6 Å². The third-order valence-corrected chi connectivity index (χ3v) is 4.35. The van der Waals surface area contributed by atoms with E-state index in [0.29, 0.717) is 16.5 Å². The van der Waals surface area contributed by atoms with E-state index in [1.54, 1.807) is 6.07 Å². The molecular weight excluding hydrogens is 301 g/mol. The molecule has 0 spiro atoms. The molecule has 1 atom stereocenters. The van der Waals surface area contributed by atoms with Crippen molar-refractivity contribution in [3.8, 4) is 0 Å². The van der Waals surface area contributed by atoms with Gasteiger partial charge in [0.1, 0.15) is 0 Å². The summed E-state index contributed by atoms with van der Waals surface area (Å²) in [4.78, 5) is 4.86. The minimum Gasteiger partial charge on any atom is -0.248 e. The smallest absolute Gasteiger partial charge is 0.0984 e. The number of aliphatic imine (C=N–C) groups is 1. The molecule has 1 aliphatic rings. The van der Waals surface area contributed by atoms with E-state index in [2.05, 4.69) is 4.99 Å². The van der Waals surface area contributed by atoms with Crippen LogP contribution in [0.3, 0.4) is 0 Å². The maximum atomic E-state index is 11.7. The van der Waals surface area contributed by atoms with Gasteiger partial charge in [-0.3, -0.25) is 0 Å². The number of nitrogens with zero attached hydrogens (tertiary/aromatic N) is 1. The van der Waals surface area contributed by atoms with Crippen molar-refractivity contribution < 1.29 is 4.21 Å². The Morgan fingerprint density at radius 3 is 2.47 bits per heavy atom. The Morgan fingerprint density at radius 1 is 1.00 bits per heavy atom. The highest BCUT2D eigenvalue weighted by Crippen LogP contribution is 2.29. The molecule has 0 saturated heterocycles. The van der Waals surface area contributed by atoms with Crippen molar-refractivity contribution >= 4 is 45.2 Å². The lowest BCUT2D eigenvalue weighted by molar-refractivity contribution is 0.691. The van der Waals surface area contributed by atoms with Gasteiger partial charge in [-0.05, 0) is 47.9 Å².